The molecule has 2 aromatic carbocycles. The number of hydrogen-bond donors (Lipinski definition) is 2. The molecule has 0 spiro atoms. The Morgan fingerprint density at radius 3 is 2.60 bits per heavy atom. The molecule has 20 heavy (non-hydrogen) atoms. The van der Waals surface area contributed by atoms with Crippen molar-refractivity contribution in [1.29, 1.82) is 0 Å². The van der Waals surface area contributed by atoms with E-state index in [4.69, 9.17) is 28.9 Å². The Kier molecular flexibility index (Phi) is 4.66. The molecule has 3 N–H and O–H groups in total. The molecule has 0 fully saturated rings. The molecular formula is C15H12Cl2N2O. The predicted octanol–water partition coefficient (Wildman–Crippen LogP) is 4.23. The van der Waals surface area contributed by atoms with Gasteiger partial charge in [0.25, 0.3) is 0 Å². The van der Waals surface area contributed by atoms with Gasteiger partial charge in [-0.25, -0.2) is 0 Å². The molecule has 0 radical (unpaired) electrons. The number of amides is 1. The van der Waals surface area contributed by atoms with E-state index >= 15 is 0 Å². The van der Waals surface area contributed by atoms with Crippen LogP contribution >= 0.6 is 23.2 Å². The van der Waals surface area contributed by atoms with E-state index in [2.05, 4.69) is 5.32 Å². The summed E-state index contributed by atoms with van der Waals surface area (Å²) in [5, 5.41) is 3.73. The van der Waals surface area contributed by atoms with Crippen molar-refractivity contribution >= 4 is 46.6 Å². The zero-order valence-electron chi connectivity index (χ0n) is 10.4. The summed E-state index contributed by atoms with van der Waals surface area (Å²) in [6.07, 6.45) is 3.01. The van der Waals surface area contributed by atoms with E-state index in [-0.39, 0.29) is 5.91 Å². The summed E-state index contributed by atoms with van der Waals surface area (Å²) in [6, 6.07) is 12.1. The number of carbonyl (C=O) groups is 1. The van der Waals surface area contributed by atoms with Crippen LogP contribution in [0.2, 0.25) is 10.0 Å². The minimum absolute atomic E-state index is 0.283. The van der Waals surface area contributed by atoms with Crippen LogP contribution in [0.3, 0.4) is 0 Å². The number of hydrogen-bond acceptors (Lipinski definition) is 2. The zero-order chi connectivity index (χ0) is 14.5. The Balaban J connectivity index is 2.08. The zero-order valence-corrected chi connectivity index (χ0v) is 11.9. The molecule has 0 aliphatic carbocycles. The van der Waals surface area contributed by atoms with E-state index in [9.17, 15) is 4.79 Å². The highest BCUT2D eigenvalue weighted by Crippen LogP contribution is 2.22. The lowest BCUT2D eigenvalue weighted by Crippen LogP contribution is -2.09. The number of nitrogen functional groups attached to an aromatic ring is 1. The SMILES string of the molecule is Nc1ccccc1NC(=O)/C=C/c1ccc(Cl)cc1Cl. The van der Waals surface area contributed by atoms with Gasteiger partial charge in [0.1, 0.15) is 0 Å². The van der Waals surface area contributed by atoms with Gasteiger partial charge in [-0.15, -0.1) is 0 Å². The summed E-state index contributed by atoms with van der Waals surface area (Å²) in [5.74, 6) is -0.283. The van der Waals surface area contributed by atoms with E-state index in [1.54, 1.807) is 48.5 Å². The van der Waals surface area contributed by atoms with E-state index in [1.807, 2.05) is 0 Å². The van der Waals surface area contributed by atoms with Crippen molar-refractivity contribution in [3.05, 3.63) is 64.1 Å². The number of rotatable bonds is 3. The fourth-order valence-electron chi connectivity index (χ4n) is 1.59. The smallest absolute Gasteiger partial charge is 0.248 e. The van der Waals surface area contributed by atoms with Crippen LogP contribution in [0.15, 0.2) is 48.5 Å². The molecule has 0 aliphatic heterocycles. The van der Waals surface area contributed by atoms with Crippen molar-refractivity contribution in [2.24, 2.45) is 0 Å². The number of nitrogens with two attached hydrogens (primary N) is 1. The van der Waals surface area contributed by atoms with Crippen molar-refractivity contribution < 1.29 is 4.79 Å². The molecule has 2 rings (SSSR count). The average molecular weight is 307 g/mol. The second kappa shape index (κ2) is 6.46. The van der Waals surface area contributed by atoms with Gasteiger partial charge in [-0.2, -0.15) is 0 Å². The van der Waals surface area contributed by atoms with Gasteiger partial charge in [0.05, 0.1) is 11.4 Å². The Morgan fingerprint density at radius 2 is 1.90 bits per heavy atom. The van der Waals surface area contributed by atoms with Crippen LogP contribution in [0, 0.1) is 0 Å². The molecule has 0 saturated carbocycles. The van der Waals surface area contributed by atoms with Gasteiger partial charge in [0, 0.05) is 16.1 Å². The Morgan fingerprint density at radius 1 is 1.15 bits per heavy atom. The van der Waals surface area contributed by atoms with Crippen LogP contribution in [0.25, 0.3) is 6.08 Å². The molecule has 5 heteroatoms. The van der Waals surface area contributed by atoms with Gasteiger partial charge in [0.15, 0.2) is 0 Å². The standard InChI is InChI=1S/C15H12Cl2N2O/c16-11-7-5-10(12(17)9-11)6-8-15(20)19-14-4-2-1-3-13(14)18/h1-9H,18H2,(H,19,20)/b8-6+. The maximum Gasteiger partial charge on any atom is 0.248 e. The van der Waals surface area contributed by atoms with Crippen LogP contribution in [-0.2, 0) is 4.79 Å². The van der Waals surface area contributed by atoms with E-state index in [1.165, 1.54) is 6.08 Å². The number of halogens is 2. The monoisotopic (exact) mass is 306 g/mol. The Bertz CT molecular complexity index is 669. The maximum absolute atomic E-state index is 11.8. The third-order valence-corrected chi connectivity index (χ3v) is 3.16. The van der Waals surface area contributed by atoms with Crippen molar-refractivity contribution in [2.75, 3.05) is 11.1 Å². The highest BCUT2D eigenvalue weighted by molar-refractivity contribution is 6.35. The summed E-state index contributed by atoms with van der Waals surface area (Å²) >= 11 is 11.8. The number of benzene rings is 2. The molecule has 0 aliphatic rings. The second-order valence-electron chi connectivity index (χ2n) is 4.08. The fraction of sp³-hybridized carbons (Fsp3) is 0. The largest absolute Gasteiger partial charge is 0.397 e. The fourth-order valence-corrected chi connectivity index (χ4v) is 2.06. The minimum Gasteiger partial charge on any atom is -0.397 e. The third kappa shape index (κ3) is 3.76. The molecule has 2 aromatic rings. The first-order chi connectivity index (χ1) is 9.56. The summed E-state index contributed by atoms with van der Waals surface area (Å²) in [4.78, 5) is 11.8. The van der Waals surface area contributed by atoms with Crippen LogP contribution in [0.5, 0.6) is 0 Å². The summed E-state index contributed by atoms with van der Waals surface area (Å²) in [5.41, 5.74) is 7.54. The highest BCUT2D eigenvalue weighted by atomic mass is 35.5. The van der Waals surface area contributed by atoms with Crippen LogP contribution < -0.4 is 11.1 Å². The summed E-state index contributed by atoms with van der Waals surface area (Å²) in [7, 11) is 0. The van der Waals surface area contributed by atoms with Gasteiger partial charge in [-0.3, -0.25) is 4.79 Å². The van der Waals surface area contributed by atoms with Crippen molar-refractivity contribution in [1.82, 2.24) is 0 Å². The van der Waals surface area contributed by atoms with Crippen LogP contribution in [-0.4, -0.2) is 5.91 Å². The van der Waals surface area contributed by atoms with E-state index in [0.29, 0.717) is 27.0 Å². The maximum atomic E-state index is 11.8. The first-order valence-electron chi connectivity index (χ1n) is 5.85. The molecule has 102 valence electrons. The molecular weight excluding hydrogens is 295 g/mol. The normalized spacial score (nSPS) is 10.7. The van der Waals surface area contributed by atoms with Gasteiger partial charge < -0.3 is 11.1 Å². The average Bonchev–Trinajstić information content (AvgIpc) is 2.40. The topological polar surface area (TPSA) is 55.1 Å². The molecule has 0 saturated heterocycles. The molecule has 3 nitrogen and oxygen atoms in total. The number of carbonyl (C=O) groups excluding carboxylic acids is 1. The first-order valence-corrected chi connectivity index (χ1v) is 6.60. The molecule has 1 amide bonds. The molecule has 0 heterocycles. The second-order valence-corrected chi connectivity index (χ2v) is 4.92. The lowest BCUT2D eigenvalue weighted by atomic mass is 10.2. The molecule has 0 aromatic heterocycles. The molecule has 0 atom stereocenters. The van der Waals surface area contributed by atoms with Gasteiger partial charge in [0.2, 0.25) is 5.91 Å². The van der Waals surface area contributed by atoms with Crippen molar-refractivity contribution in [3.8, 4) is 0 Å². The minimum atomic E-state index is -0.283. The van der Waals surface area contributed by atoms with Gasteiger partial charge >= 0.3 is 0 Å². The van der Waals surface area contributed by atoms with Crippen molar-refractivity contribution in [2.45, 2.75) is 0 Å². The number of para-hydroxylation sites is 2. The lowest BCUT2D eigenvalue weighted by molar-refractivity contribution is -0.111. The van der Waals surface area contributed by atoms with Crippen molar-refractivity contribution in [3.63, 3.8) is 0 Å². The first kappa shape index (κ1) is 14.4. The van der Waals surface area contributed by atoms with Gasteiger partial charge in [-0.05, 0) is 35.9 Å². The van der Waals surface area contributed by atoms with Gasteiger partial charge in [-0.1, -0.05) is 41.4 Å². The van der Waals surface area contributed by atoms with Crippen LogP contribution in [0.1, 0.15) is 5.56 Å². The van der Waals surface area contributed by atoms with E-state index in [0.717, 1.165) is 0 Å². The number of anilines is 2. The summed E-state index contributed by atoms with van der Waals surface area (Å²) in [6.45, 7) is 0. The quantitative estimate of drug-likeness (QED) is 0.658. The number of nitrogens with one attached hydrogen (secondary N) is 1. The predicted molar refractivity (Wildman–Crippen MR) is 85.0 cm³/mol. The molecule has 0 bridgehead atoms. The molecule has 0 unspecified atom stereocenters. The summed E-state index contributed by atoms with van der Waals surface area (Å²) < 4.78 is 0. The third-order valence-electron chi connectivity index (χ3n) is 2.60. The van der Waals surface area contributed by atoms with Crippen LogP contribution in [0.4, 0.5) is 11.4 Å². The Labute approximate surface area is 127 Å². The van der Waals surface area contributed by atoms with E-state index < -0.39 is 0 Å². The highest BCUT2D eigenvalue weighted by Gasteiger charge is 2.02. The Hall–Kier alpha value is -1.97. The lowest BCUT2D eigenvalue weighted by Gasteiger charge is -2.05.